The molecule has 0 spiro atoms. The van der Waals surface area contributed by atoms with E-state index in [2.05, 4.69) is 70.2 Å². The second-order valence-electron chi connectivity index (χ2n) is 8.65. The Hall–Kier alpha value is -6.15. The van der Waals surface area contributed by atoms with E-state index in [9.17, 15) is 8.78 Å². The van der Waals surface area contributed by atoms with Crippen LogP contribution in [0.5, 0.6) is 0 Å². The third-order valence-corrected chi connectivity index (χ3v) is 6.11. The van der Waals surface area contributed by atoms with E-state index >= 15 is 0 Å². The lowest BCUT2D eigenvalue weighted by Crippen LogP contribution is -1.95. The van der Waals surface area contributed by atoms with Crippen LogP contribution < -0.4 is 0 Å². The fraction of sp³-hybridized carbons (Fsp3) is 0. The summed E-state index contributed by atoms with van der Waals surface area (Å²) in [6.45, 7) is 13.8. The third-order valence-electron chi connectivity index (χ3n) is 5.53. The van der Waals surface area contributed by atoms with Gasteiger partial charge in [-0.25, -0.2) is 27.8 Å². The number of hydrogen-bond acceptors (Lipinski definition) is 4. The lowest BCUT2D eigenvalue weighted by molar-refractivity contribution is 0.626. The number of aromatic nitrogens is 6. The molecule has 0 N–H and O–H groups in total. The van der Waals surface area contributed by atoms with E-state index in [4.69, 9.17) is 19.6 Å². The Balaban J connectivity index is 0.000000172. The number of rotatable bonds is 2. The van der Waals surface area contributed by atoms with Crippen LogP contribution >= 0.6 is 22.6 Å². The van der Waals surface area contributed by atoms with Crippen molar-refractivity contribution in [3.8, 4) is 35.6 Å². The molecule has 0 saturated carbocycles. The fourth-order valence-electron chi connectivity index (χ4n) is 3.51. The van der Waals surface area contributed by atoms with E-state index in [-0.39, 0.29) is 11.4 Å². The van der Waals surface area contributed by atoms with E-state index < -0.39 is 11.6 Å². The van der Waals surface area contributed by atoms with E-state index in [0.29, 0.717) is 17.1 Å². The van der Waals surface area contributed by atoms with Crippen molar-refractivity contribution in [3.63, 3.8) is 0 Å². The van der Waals surface area contributed by atoms with Gasteiger partial charge in [-0.1, -0.05) is 11.8 Å². The zero-order chi connectivity index (χ0) is 32.0. The molecule has 0 amide bonds. The molecule has 0 bridgehead atoms. The molecule has 11 heteroatoms. The highest BCUT2D eigenvalue weighted by Gasteiger charge is 2.05. The van der Waals surface area contributed by atoms with Gasteiger partial charge in [0.2, 0.25) is 0 Å². The number of benzene rings is 2. The highest BCUT2D eigenvalue weighted by molar-refractivity contribution is 14.1. The Bertz CT molecular complexity index is 2090. The van der Waals surface area contributed by atoms with Crippen molar-refractivity contribution in [1.82, 2.24) is 29.5 Å². The molecule has 2 aromatic carbocycles. The Morgan fingerprint density at radius 1 is 0.667 bits per heavy atom. The molecular formula is C34H19F2IN8. The monoisotopic (exact) mass is 704 g/mol. The second-order valence-corrected chi connectivity index (χ2v) is 9.76. The molecule has 8 nitrogen and oxygen atoms in total. The van der Waals surface area contributed by atoms with Crippen LogP contribution in [0, 0.1) is 52.7 Å². The highest BCUT2D eigenvalue weighted by Crippen LogP contribution is 2.21. The van der Waals surface area contributed by atoms with Crippen LogP contribution in [-0.2, 0) is 0 Å². The second kappa shape index (κ2) is 15.9. The molecule has 0 fully saturated rings. The average Bonchev–Trinajstić information content (AvgIpc) is 3.74. The van der Waals surface area contributed by atoms with Crippen molar-refractivity contribution in [2.24, 2.45) is 0 Å². The van der Waals surface area contributed by atoms with Gasteiger partial charge in [0.1, 0.15) is 21.0 Å². The van der Waals surface area contributed by atoms with Gasteiger partial charge >= 0.3 is 0 Å². The minimum absolute atomic E-state index is 0.231. The summed E-state index contributed by atoms with van der Waals surface area (Å²) in [5, 5.41) is 8.40. The zero-order valence-electron chi connectivity index (χ0n) is 23.2. The summed E-state index contributed by atoms with van der Waals surface area (Å²) in [6, 6.07) is 19.0. The summed E-state index contributed by atoms with van der Waals surface area (Å²) in [7, 11) is 0. The lowest BCUT2D eigenvalue weighted by Gasteiger charge is -2.01. The van der Waals surface area contributed by atoms with Crippen molar-refractivity contribution in [2.45, 2.75) is 0 Å². The molecule has 0 aliphatic rings. The van der Waals surface area contributed by atoms with Gasteiger partial charge in [0.15, 0.2) is 11.4 Å². The molecule has 0 aliphatic heterocycles. The highest BCUT2D eigenvalue weighted by atomic mass is 127. The Labute approximate surface area is 271 Å². The predicted octanol–water partition coefficient (Wildman–Crippen LogP) is 7.59. The van der Waals surface area contributed by atoms with Crippen LogP contribution in [-0.4, -0.2) is 29.5 Å². The molecule has 0 aliphatic carbocycles. The normalized spacial score (nSPS) is 9.42. The summed E-state index contributed by atoms with van der Waals surface area (Å²) in [4.78, 5) is 14.1. The van der Waals surface area contributed by atoms with Crippen molar-refractivity contribution in [1.29, 1.82) is 0 Å². The zero-order valence-corrected chi connectivity index (χ0v) is 25.3. The number of hydrogen-bond donors (Lipinski definition) is 0. The summed E-state index contributed by atoms with van der Waals surface area (Å²) >= 11 is 2.07. The van der Waals surface area contributed by atoms with Gasteiger partial charge in [-0.3, -0.25) is 9.97 Å². The van der Waals surface area contributed by atoms with Crippen LogP contribution in [0.15, 0.2) is 110 Å². The van der Waals surface area contributed by atoms with E-state index in [1.165, 1.54) is 28.9 Å². The van der Waals surface area contributed by atoms with Crippen molar-refractivity contribution >= 4 is 34.0 Å². The summed E-state index contributed by atoms with van der Waals surface area (Å²) in [6.07, 6.45) is 15.2. The van der Waals surface area contributed by atoms with Gasteiger partial charge in [0.25, 0.3) is 0 Å². The van der Waals surface area contributed by atoms with Gasteiger partial charge in [0, 0.05) is 48.3 Å². The quantitative estimate of drug-likeness (QED) is 0.106. The van der Waals surface area contributed by atoms with E-state index in [1.807, 2.05) is 6.07 Å². The molecule has 0 saturated heterocycles. The minimum Gasteiger partial charge on any atom is -0.265 e. The van der Waals surface area contributed by atoms with Crippen LogP contribution in [0.1, 0.15) is 16.8 Å². The third kappa shape index (κ3) is 9.69. The van der Waals surface area contributed by atoms with Crippen LogP contribution in [0.3, 0.4) is 0 Å². The maximum Gasteiger partial charge on any atom is 0.192 e. The van der Waals surface area contributed by atoms with Gasteiger partial charge < -0.3 is 0 Å². The van der Waals surface area contributed by atoms with Crippen molar-refractivity contribution < 1.29 is 8.78 Å². The van der Waals surface area contributed by atoms with Gasteiger partial charge in [-0.2, -0.15) is 10.2 Å². The number of terminal acetylenes is 1. The van der Waals surface area contributed by atoms with Crippen molar-refractivity contribution in [2.75, 3.05) is 0 Å². The minimum atomic E-state index is -0.469. The maximum absolute atomic E-state index is 13.5. The molecular weight excluding hydrogens is 685 g/mol. The molecule has 0 radical (unpaired) electrons. The molecule has 216 valence electrons. The first-order chi connectivity index (χ1) is 21.9. The van der Waals surface area contributed by atoms with E-state index in [0.717, 1.165) is 14.8 Å². The largest absolute Gasteiger partial charge is 0.265 e. The predicted molar refractivity (Wildman–Crippen MR) is 175 cm³/mol. The van der Waals surface area contributed by atoms with Gasteiger partial charge in [-0.05, 0) is 101 Å². The smallest absolute Gasteiger partial charge is 0.192 e. The van der Waals surface area contributed by atoms with Crippen molar-refractivity contribution in [3.05, 3.63) is 165 Å². The number of halogens is 3. The summed E-state index contributed by atoms with van der Waals surface area (Å²) < 4.78 is 30.4. The average molecular weight is 704 g/mol. The van der Waals surface area contributed by atoms with Gasteiger partial charge in [-0.15, -0.1) is 6.42 Å². The van der Waals surface area contributed by atoms with Crippen LogP contribution in [0.2, 0.25) is 0 Å². The van der Waals surface area contributed by atoms with Crippen LogP contribution in [0.4, 0.5) is 20.2 Å². The fourth-order valence-corrected chi connectivity index (χ4v) is 3.90. The summed E-state index contributed by atoms with van der Waals surface area (Å²) in [5.41, 5.74) is 3.83. The van der Waals surface area contributed by atoms with Crippen LogP contribution in [0.25, 0.3) is 21.1 Å². The topological polar surface area (TPSA) is 70.1 Å². The molecule has 0 atom stereocenters. The number of pyridine rings is 2. The SMILES string of the molecule is C#Cc1ccncc1.[C-]#[N+]c1cc(F)cc(-n2ccc(C#Cc3ccncc3)n2)c1.[C-]#[N+]c1cc(F)cc(-n2ccc(I)n2)c1. The first-order valence-electron chi connectivity index (χ1n) is 12.8. The first kappa shape index (κ1) is 31.8. The lowest BCUT2D eigenvalue weighted by atomic mass is 10.2. The first-order valence-corrected chi connectivity index (χ1v) is 13.9. The van der Waals surface area contributed by atoms with Gasteiger partial charge in [0.05, 0.1) is 24.5 Å². The Morgan fingerprint density at radius 2 is 1.18 bits per heavy atom. The molecule has 4 aromatic heterocycles. The molecule has 6 aromatic rings. The Kier molecular flexibility index (Phi) is 11.2. The van der Waals surface area contributed by atoms with E-state index in [1.54, 1.807) is 84.3 Å². The number of nitrogens with zero attached hydrogens (tertiary/aromatic N) is 8. The Morgan fingerprint density at radius 3 is 1.64 bits per heavy atom. The molecule has 4 heterocycles. The summed E-state index contributed by atoms with van der Waals surface area (Å²) in [5.74, 6) is 7.49. The molecule has 45 heavy (non-hydrogen) atoms. The molecule has 0 unspecified atom stereocenters. The molecule has 6 rings (SSSR count). The standard InChI is InChI=1S/C17H9FN4.C10H5FIN3.C7H5N/c1-19-16-10-14(18)11-17(12-16)22-9-6-15(21-22)3-2-13-4-7-20-8-5-13;1-13-8-4-7(11)5-9(6-8)15-3-2-10(12)14-15;1-2-7-3-5-8-6-4-7/h4-12H;2-6H;1,3-6H. The maximum atomic E-state index is 13.5.